The SMILES string of the molecule is COc1ccc(CN2CCC(C)CC2)cc1C#CCN. The van der Waals surface area contributed by atoms with E-state index >= 15 is 0 Å². The molecular formula is C17H24N2O. The van der Waals surface area contributed by atoms with Gasteiger partial charge in [-0.15, -0.1) is 0 Å². The maximum Gasteiger partial charge on any atom is 0.134 e. The summed E-state index contributed by atoms with van der Waals surface area (Å²) < 4.78 is 5.34. The normalized spacial score (nSPS) is 16.6. The van der Waals surface area contributed by atoms with Crippen LogP contribution < -0.4 is 10.5 Å². The minimum absolute atomic E-state index is 0.372. The van der Waals surface area contributed by atoms with Gasteiger partial charge in [0.1, 0.15) is 5.75 Å². The second kappa shape index (κ2) is 7.33. The number of methoxy groups -OCH3 is 1. The first kappa shape index (κ1) is 14.9. The van der Waals surface area contributed by atoms with Crippen LogP contribution >= 0.6 is 0 Å². The zero-order chi connectivity index (χ0) is 14.4. The number of nitrogens with zero attached hydrogens (tertiary/aromatic N) is 1. The molecule has 1 fully saturated rings. The molecule has 20 heavy (non-hydrogen) atoms. The summed E-state index contributed by atoms with van der Waals surface area (Å²) in [5.74, 6) is 7.68. The quantitative estimate of drug-likeness (QED) is 0.858. The molecule has 1 heterocycles. The second-order valence-corrected chi connectivity index (χ2v) is 5.50. The van der Waals surface area contributed by atoms with Crippen molar-refractivity contribution in [2.45, 2.75) is 26.3 Å². The van der Waals surface area contributed by atoms with Crippen LogP contribution in [0.15, 0.2) is 18.2 Å². The summed E-state index contributed by atoms with van der Waals surface area (Å²) in [4.78, 5) is 2.52. The first-order chi connectivity index (χ1) is 9.72. The first-order valence-electron chi connectivity index (χ1n) is 7.31. The van der Waals surface area contributed by atoms with Crippen molar-refractivity contribution >= 4 is 0 Å². The fourth-order valence-corrected chi connectivity index (χ4v) is 2.58. The lowest BCUT2D eigenvalue weighted by atomic mass is 9.98. The number of likely N-dealkylation sites (tertiary alicyclic amines) is 1. The number of hydrogen-bond donors (Lipinski definition) is 1. The smallest absolute Gasteiger partial charge is 0.134 e. The Morgan fingerprint density at radius 2 is 2.10 bits per heavy atom. The highest BCUT2D eigenvalue weighted by atomic mass is 16.5. The fourth-order valence-electron chi connectivity index (χ4n) is 2.58. The molecule has 0 aliphatic carbocycles. The van der Waals surface area contributed by atoms with Gasteiger partial charge in [-0.05, 0) is 49.5 Å². The molecule has 0 unspecified atom stereocenters. The Hall–Kier alpha value is -1.50. The van der Waals surface area contributed by atoms with Gasteiger partial charge in [0.15, 0.2) is 0 Å². The van der Waals surface area contributed by atoms with Gasteiger partial charge >= 0.3 is 0 Å². The van der Waals surface area contributed by atoms with Crippen LogP contribution in [0.2, 0.25) is 0 Å². The van der Waals surface area contributed by atoms with Gasteiger partial charge in [0.05, 0.1) is 19.2 Å². The lowest BCUT2D eigenvalue weighted by Gasteiger charge is -2.30. The predicted octanol–water partition coefficient (Wildman–Crippen LogP) is 2.24. The van der Waals surface area contributed by atoms with E-state index in [1.807, 2.05) is 6.07 Å². The van der Waals surface area contributed by atoms with E-state index in [2.05, 4.69) is 35.8 Å². The van der Waals surface area contributed by atoms with Crippen LogP contribution in [0, 0.1) is 17.8 Å². The van der Waals surface area contributed by atoms with Crippen molar-refractivity contribution in [3.8, 4) is 17.6 Å². The topological polar surface area (TPSA) is 38.5 Å². The third-order valence-corrected chi connectivity index (χ3v) is 3.87. The summed E-state index contributed by atoms with van der Waals surface area (Å²) in [7, 11) is 1.68. The number of piperidine rings is 1. The van der Waals surface area contributed by atoms with E-state index in [1.165, 1.54) is 31.5 Å². The zero-order valence-electron chi connectivity index (χ0n) is 12.5. The third kappa shape index (κ3) is 4.00. The molecule has 0 spiro atoms. The largest absolute Gasteiger partial charge is 0.495 e. The predicted molar refractivity (Wildman–Crippen MR) is 82.6 cm³/mol. The Morgan fingerprint density at radius 3 is 2.75 bits per heavy atom. The molecule has 0 saturated carbocycles. The van der Waals surface area contributed by atoms with Gasteiger partial charge in [-0.3, -0.25) is 4.90 Å². The van der Waals surface area contributed by atoms with E-state index < -0.39 is 0 Å². The molecule has 0 atom stereocenters. The van der Waals surface area contributed by atoms with Crippen LogP contribution in [0.4, 0.5) is 0 Å². The van der Waals surface area contributed by atoms with E-state index in [1.54, 1.807) is 7.11 Å². The second-order valence-electron chi connectivity index (χ2n) is 5.50. The number of nitrogens with two attached hydrogens (primary N) is 1. The van der Waals surface area contributed by atoms with Crippen molar-refractivity contribution in [1.82, 2.24) is 4.90 Å². The van der Waals surface area contributed by atoms with Crippen LogP contribution in [0.1, 0.15) is 30.9 Å². The van der Waals surface area contributed by atoms with Crippen molar-refractivity contribution in [1.29, 1.82) is 0 Å². The Morgan fingerprint density at radius 1 is 1.35 bits per heavy atom. The van der Waals surface area contributed by atoms with Gasteiger partial charge in [-0.2, -0.15) is 0 Å². The van der Waals surface area contributed by atoms with Gasteiger partial charge in [0.2, 0.25) is 0 Å². The van der Waals surface area contributed by atoms with Crippen LogP contribution in [-0.4, -0.2) is 31.6 Å². The van der Waals surface area contributed by atoms with E-state index in [0.717, 1.165) is 23.8 Å². The molecule has 0 aromatic heterocycles. The molecule has 1 aromatic carbocycles. The molecule has 0 bridgehead atoms. The molecule has 0 amide bonds. The molecule has 108 valence electrons. The molecule has 1 aliphatic heterocycles. The number of hydrogen-bond acceptors (Lipinski definition) is 3. The standard InChI is InChI=1S/C17H24N2O/c1-14-7-10-19(11-8-14)13-15-5-6-17(20-2)16(12-15)4-3-9-18/h5-6,12,14H,7-11,13,18H2,1-2H3. The summed E-state index contributed by atoms with van der Waals surface area (Å²) in [5.41, 5.74) is 7.67. The molecule has 2 rings (SSSR count). The number of ether oxygens (including phenoxy) is 1. The molecule has 3 heteroatoms. The van der Waals surface area contributed by atoms with Gasteiger partial charge < -0.3 is 10.5 Å². The maximum atomic E-state index is 5.45. The number of benzene rings is 1. The Kier molecular flexibility index (Phi) is 5.46. The lowest BCUT2D eigenvalue weighted by Crippen LogP contribution is -2.32. The van der Waals surface area contributed by atoms with Crippen LogP contribution in [0.5, 0.6) is 5.75 Å². The van der Waals surface area contributed by atoms with Crippen molar-refractivity contribution in [2.75, 3.05) is 26.7 Å². The maximum absolute atomic E-state index is 5.45. The highest BCUT2D eigenvalue weighted by molar-refractivity contribution is 5.48. The Balaban J connectivity index is 2.08. The van der Waals surface area contributed by atoms with Crippen LogP contribution in [0.3, 0.4) is 0 Å². The minimum atomic E-state index is 0.372. The van der Waals surface area contributed by atoms with Crippen LogP contribution in [0.25, 0.3) is 0 Å². The van der Waals surface area contributed by atoms with E-state index in [0.29, 0.717) is 6.54 Å². The molecule has 1 aromatic rings. The van der Waals surface area contributed by atoms with Crippen molar-refractivity contribution in [3.05, 3.63) is 29.3 Å². The third-order valence-electron chi connectivity index (χ3n) is 3.87. The lowest BCUT2D eigenvalue weighted by molar-refractivity contribution is 0.185. The average molecular weight is 272 g/mol. The van der Waals surface area contributed by atoms with E-state index in [-0.39, 0.29) is 0 Å². The van der Waals surface area contributed by atoms with Gasteiger partial charge in [-0.1, -0.05) is 24.8 Å². The van der Waals surface area contributed by atoms with Gasteiger partial charge in [-0.25, -0.2) is 0 Å². The average Bonchev–Trinajstić information content (AvgIpc) is 2.47. The Labute approximate surface area is 122 Å². The fraction of sp³-hybridized carbons (Fsp3) is 0.529. The zero-order valence-corrected chi connectivity index (χ0v) is 12.5. The van der Waals surface area contributed by atoms with Gasteiger partial charge in [0, 0.05) is 6.54 Å². The summed E-state index contributed by atoms with van der Waals surface area (Å²) in [6.07, 6.45) is 2.60. The van der Waals surface area contributed by atoms with Crippen molar-refractivity contribution in [3.63, 3.8) is 0 Å². The van der Waals surface area contributed by atoms with Crippen LogP contribution in [-0.2, 0) is 6.54 Å². The monoisotopic (exact) mass is 272 g/mol. The van der Waals surface area contributed by atoms with Gasteiger partial charge in [0.25, 0.3) is 0 Å². The molecule has 0 radical (unpaired) electrons. The molecule has 1 saturated heterocycles. The Bertz CT molecular complexity index is 493. The summed E-state index contributed by atoms with van der Waals surface area (Å²) in [5, 5.41) is 0. The highest BCUT2D eigenvalue weighted by Crippen LogP contribution is 2.22. The molecule has 2 N–H and O–H groups in total. The summed E-state index contributed by atoms with van der Waals surface area (Å²) in [6, 6.07) is 6.26. The molecule has 1 aliphatic rings. The molecular weight excluding hydrogens is 248 g/mol. The number of rotatable bonds is 3. The minimum Gasteiger partial charge on any atom is -0.495 e. The molecule has 3 nitrogen and oxygen atoms in total. The van der Waals surface area contributed by atoms with E-state index in [4.69, 9.17) is 10.5 Å². The highest BCUT2D eigenvalue weighted by Gasteiger charge is 2.16. The van der Waals surface area contributed by atoms with Crippen molar-refractivity contribution in [2.24, 2.45) is 11.7 Å². The van der Waals surface area contributed by atoms with E-state index in [9.17, 15) is 0 Å². The van der Waals surface area contributed by atoms with Crippen molar-refractivity contribution < 1.29 is 4.74 Å². The first-order valence-corrected chi connectivity index (χ1v) is 7.31. The summed E-state index contributed by atoms with van der Waals surface area (Å²) in [6.45, 7) is 6.09. The summed E-state index contributed by atoms with van der Waals surface area (Å²) >= 11 is 0.